The van der Waals surface area contributed by atoms with Gasteiger partial charge in [-0.05, 0) is 43.3 Å². The van der Waals surface area contributed by atoms with Crippen molar-refractivity contribution in [1.29, 1.82) is 5.26 Å². The van der Waals surface area contributed by atoms with Crippen LogP contribution in [0, 0.1) is 23.0 Å². The predicted molar refractivity (Wildman–Crippen MR) is 103 cm³/mol. The number of benzene rings is 2. The monoisotopic (exact) mass is 393 g/mol. The zero-order valence-electron chi connectivity index (χ0n) is 15.5. The van der Waals surface area contributed by atoms with Crippen LogP contribution in [-0.4, -0.2) is 17.0 Å². The fraction of sp³-hybridized carbons (Fsp3) is 0.136. The fourth-order valence-electron chi connectivity index (χ4n) is 2.76. The number of halogens is 2. The third-order valence-corrected chi connectivity index (χ3v) is 4.17. The molecule has 0 N–H and O–H groups in total. The molecule has 0 fully saturated rings. The number of rotatable bonds is 6. The van der Waals surface area contributed by atoms with Gasteiger partial charge in [0.15, 0.2) is 6.10 Å². The van der Waals surface area contributed by atoms with Gasteiger partial charge in [0.05, 0.1) is 23.5 Å². The molecule has 7 heteroatoms. The fourth-order valence-corrected chi connectivity index (χ4v) is 2.76. The first-order valence-corrected chi connectivity index (χ1v) is 8.81. The molecule has 3 aromatic rings. The van der Waals surface area contributed by atoms with E-state index in [1.807, 2.05) is 6.07 Å². The smallest absolute Gasteiger partial charge is 0.268 e. The van der Waals surface area contributed by atoms with E-state index >= 15 is 0 Å². The number of carbonyl (C=O) groups is 1. The van der Waals surface area contributed by atoms with Crippen molar-refractivity contribution in [3.8, 4) is 11.8 Å². The van der Waals surface area contributed by atoms with Gasteiger partial charge in [-0.1, -0.05) is 18.2 Å². The van der Waals surface area contributed by atoms with Crippen LogP contribution in [0.2, 0.25) is 0 Å². The number of aromatic nitrogens is 1. The normalized spacial score (nSPS) is 11.4. The molecule has 1 unspecified atom stereocenters. The maximum atomic E-state index is 14.4. The van der Waals surface area contributed by atoms with E-state index in [9.17, 15) is 18.8 Å². The number of amides is 1. The Labute approximate surface area is 166 Å². The molecule has 29 heavy (non-hydrogen) atoms. The largest absolute Gasteiger partial charge is 0.479 e. The van der Waals surface area contributed by atoms with Gasteiger partial charge in [0.1, 0.15) is 23.5 Å². The molecule has 0 saturated heterocycles. The molecule has 1 heterocycles. The molecule has 0 spiro atoms. The van der Waals surface area contributed by atoms with Gasteiger partial charge in [0, 0.05) is 12.3 Å². The highest BCUT2D eigenvalue weighted by Crippen LogP contribution is 2.25. The average Bonchev–Trinajstić information content (AvgIpc) is 2.73. The van der Waals surface area contributed by atoms with Crippen LogP contribution >= 0.6 is 0 Å². The van der Waals surface area contributed by atoms with Gasteiger partial charge in [-0.2, -0.15) is 5.26 Å². The highest BCUT2D eigenvalue weighted by Gasteiger charge is 2.27. The summed E-state index contributed by atoms with van der Waals surface area (Å²) in [5.74, 6) is -1.94. The molecule has 0 aliphatic rings. The number of para-hydroxylation sites is 1. The number of nitrogens with zero attached hydrogens (tertiary/aromatic N) is 3. The molecule has 146 valence electrons. The minimum absolute atomic E-state index is 0.0319. The van der Waals surface area contributed by atoms with Crippen molar-refractivity contribution in [2.24, 2.45) is 0 Å². The lowest BCUT2D eigenvalue weighted by Gasteiger charge is -2.26. The van der Waals surface area contributed by atoms with Crippen molar-refractivity contribution in [2.75, 3.05) is 4.90 Å². The number of ether oxygens (including phenoxy) is 1. The first kappa shape index (κ1) is 20.0. The van der Waals surface area contributed by atoms with Gasteiger partial charge in [-0.15, -0.1) is 0 Å². The highest BCUT2D eigenvalue weighted by atomic mass is 19.1. The Hall–Kier alpha value is -3.79. The maximum absolute atomic E-state index is 14.4. The zero-order chi connectivity index (χ0) is 20.8. The molecule has 0 radical (unpaired) electrons. The lowest BCUT2D eigenvalue weighted by Crippen LogP contribution is -2.41. The Balaban J connectivity index is 1.92. The Morgan fingerprint density at radius 3 is 2.62 bits per heavy atom. The van der Waals surface area contributed by atoms with Crippen LogP contribution in [0.15, 0.2) is 66.9 Å². The Morgan fingerprint density at radius 1 is 1.17 bits per heavy atom. The van der Waals surface area contributed by atoms with Crippen LogP contribution in [0.25, 0.3) is 0 Å². The summed E-state index contributed by atoms with van der Waals surface area (Å²) in [4.78, 5) is 18.4. The number of anilines is 1. The molecule has 5 nitrogen and oxygen atoms in total. The first-order valence-electron chi connectivity index (χ1n) is 8.81. The summed E-state index contributed by atoms with van der Waals surface area (Å²) >= 11 is 0. The van der Waals surface area contributed by atoms with E-state index in [0.29, 0.717) is 11.8 Å². The highest BCUT2D eigenvalue weighted by molar-refractivity contribution is 5.96. The molecule has 0 aliphatic carbocycles. The Morgan fingerprint density at radius 2 is 1.93 bits per heavy atom. The standard InChI is InChI=1S/C22H17F2N3O2/c1-15(29-21-8-3-2-6-16(21)13-25)22(28)27(14-18-7-4-5-11-26-18)20-10-9-17(23)12-19(20)24/h2-12,15H,14H2,1H3. The van der Waals surface area contributed by atoms with Crippen LogP contribution in [0.1, 0.15) is 18.2 Å². The molecular weight excluding hydrogens is 376 g/mol. The van der Waals surface area contributed by atoms with E-state index in [-0.39, 0.29) is 23.5 Å². The van der Waals surface area contributed by atoms with E-state index in [1.165, 1.54) is 13.0 Å². The molecular formula is C22H17F2N3O2. The van der Waals surface area contributed by atoms with E-state index < -0.39 is 23.6 Å². The van der Waals surface area contributed by atoms with Gasteiger partial charge in [0.25, 0.3) is 5.91 Å². The number of pyridine rings is 1. The second-order valence-electron chi connectivity index (χ2n) is 6.21. The molecule has 1 amide bonds. The third-order valence-electron chi connectivity index (χ3n) is 4.17. The quantitative estimate of drug-likeness (QED) is 0.629. The van der Waals surface area contributed by atoms with Gasteiger partial charge in [0.2, 0.25) is 0 Å². The second kappa shape index (κ2) is 8.93. The van der Waals surface area contributed by atoms with Crippen molar-refractivity contribution in [3.05, 3.63) is 89.8 Å². The first-order chi connectivity index (χ1) is 14.0. The summed E-state index contributed by atoms with van der Waals surface area (Å²) in [5.41, 5.74) is 0.705. The molecule has 0 bridgehead atoms. The summed E-state index contributed by atoms with van der Waals surface area (Å²) in [7, 11) is 0. The van der Waals surface area contributed by atoms with Crippen LogP contribution < -0.4 is 9.64 Å². The molecule has 1 aromatic heterocycles. The van der Waals surface area contributed by atoms with E-state index in [1.54, 1.807) is 48.7 Å². The lowest BCUT2D eigenvalue weighted by molar-refractivity contribution is -0.124. The lowest BCUT2D eigenvalue weighted by atomic mass is 10.2. The Bertz CT molecular complexity index is 1050. The number of carbonyl (C=O) groups excluding carboxylic acids is 1. The van der Waals surface area contributed by atoms with E-state index in [2.05, 4.69) is 4.98 Å². The minimum atomic E-state index is -1.03. The summed E-state index contributed by atoms with van der Waals surface area (Å²) in [6.45, 7) is 1.47. The van der Waals surface area contributed by atoms with Crippen molar-refractivity contribution in [2.45, 2.75) is 19.6 Å². The SMILES string of the molecule is CC(Oc1ccccc1C#N)C(=O)N(Cc1ccccn1)c1ccc(F)cc1F. The van der Waals surface area contributed by atoms with E-state index in [0.717, 1.165) is 11.0 Å². The number of hydrogen-bond donors (Lipinski definition) is 0. The second-order valence-corrected chi connectivity index (χ2v) is 6.21. The minimum Gasteiger partial charge on any atom is -0.479 e. The van der Waals surface area contributed by atoms with Crippen molar-refractivity contribution in [1.82, 2.24) is 4.98 Å². The molecule has 0 aliphatic heterocycles. The maximum Gasteiger partial charge on any atom is 0.268 e. The average molecular weight is 393 g/mol. The predicted octanol–water partition coefficient (Wildman–Crippen LogP) is 4.23. The van der Waals surface area contributed by atoms with Crippen LogP contribution in [0.5, 0.6) is 5.75 Å². The number of nitriles is 1. The van der Waals surface area contributed by atoms with Crippen molar-refractivity contribution < 1.29 is 18.3 Å². The van der Waals surface area contributed by atoms with Crippen molar-refractivity contribution in [3.63, 3.8) is 0 Å². The van der Waals surface area contributed by atoms with Crippen LogP contribution in [0.3, 0.4) is 0 Å². The molecule has 1 atom stereocenters. The van der Waals surface area contributed by atoms with Gasteiger partial charge < -0.3 is 9.64 Å². The van der Waals surface area contributed by atoms with E-state index in [4.69, 9.17) is 4.74 Å². The summed E-state index contributed by atoms with van der Waals surface area (Å²) in [6, 6.07) is 16.6. The molecule has 3 rings (SSSR count). The van der Waals surface area contributed by atoms with Gasteiger partial charge in [-0.3, -0.25) is 9.78 Å². The summed E-state index contributed by atoms with van der Waals surface area (Å²) in [5, 5.41) is 9.20. The summed E-state index contributed by atoms with van der Waals surface area (Å²) in [6.07, 6.45) is 0.528. The van der Waals surface area contributed by atoms with Crippen LogP contribution in [-0.2, 0) is 11.3 Å². The summed E-state index contributed by atoms with van der Waals surface area (Å²) < 4.78 is 33.5. The Kier molecular flexibility index (Phi) is 6.15. The topological polar surface area (TPSA) is 66.2 Å². The molecule has 0 saturated carbocycles. The molecule has 2 aromatic carbocycles. The zero-order valence-corrected chi connectivity index (χ0v) is 15.5. The van der Waals surface area contributed by atoms with Crippen molar-refractivity contribution >= 4 is 11.6 Å². The third kappa shape index (κ3) is 4.74. The van der Waals surface area contributed by atoms with Crippen LogP contribution in [0.4, 0.5) is 14.5 Å². The number of hydrogen-bond acceptors (Lipinski definition) is 4. The van der Waals surface area contributed by atoms with Gasteiger partial charge >= 0.3 is 0 Å². The van der Waals surface area contributed by atoms with Gasteiger partial charge in [-0.25, -0.2) is 8.78 Å².